The summed E-state index contributed by atoms with van der Waals surface area (Å²) in [5.41, 5.74) is 0. The van der Waals surface area contributed by atoms with Crippen LogP contribution in [-0.2, 0) is 0 Å². The Morgan fingerprint density at radius 2 is 0.231 bits per heavy atom. The van der Waals surface area contributed by atoms with Gasteiger partial charge in [0.15, 0.2) is 0 Å². The van der Waals surface area contributed by atoms with Gasteiger partial charge in [-0.2, -0.15) is 0 Å². The summed E-state index contributed by atoms with van der Waals surface area (Å²) in [6.45, 7) is 16.0. The first-order valence-corrected chi connectivity index (χ1v) is 4.00. The molecular weight excluding hydrogens is 191 g/mol. The molecule has 0 saturated carbocycles. The molecule has 0 amide bonds. The molecule has 0 aliphatic carbocycles. The molecule has 0 N–H and O–H groups in total. The monoisotopic (exact) mass is 220 g/mol. The number of hydrogen-bond acceptors (Lipinski definition) is 0. The SMILES string of the molecule is CC.CC.CC.CC.F.F.F.F.F. The third kappa shape index (κ3) is 8860. The van der Waals surface area contributed by atoms with Gasteiger partial charge in [0.2, 0.25) is 0 Å². The first-order valence-electron chi connectivity index (χ1n) is 4.00. The standard InChI is InChI=1S/4C2H6.5FH/c4*1-2;;;;;/h4*1-2H3;5*1H. The zero-order chi connectivity index (χ0) is 8.00. The van der Waals surface area contributed by atoms with Gasteiger partial charge in [0.1, 0.15) is 0 Å². The smallest absolute Gasteiger partial charge is 0.0683 e. The molecule has 0 spiro atoms. The molecule has 0 aromatic heterocycles. The molecule has 5 heteroatoms. The van der Waals surface area contributed by atoms with E-state index in [1.807, 2.05) is 55.4 Å². The Balaban J connectivity index is -0.00000000208. The molecule has 0 bridgehead atoms. The van der Waals surface area contributed by atoms with Crippen molar-refractivity contribution in [3.8, 4) is 0 Å². The summed E-state index contributed by atoms with van der Waals surface area (Å²) >= 11 is 0. The zero-order valence-corrected chi connectivity index (χ0v) is 10.0. The lowest BCUT2D eigenvalue weighted by molar-refractivity contribution is 1.11. The van der Waals surface area contributed by atoms with Gasteiger partial charge in [-0.15, -0.1) is 0 Å². The molecule has 0 unspecified atom stereocenters. The van der Waals surface area contributed by atoms with Crippen molar-refractivity contribution in [1.29, 1.82) is 0 Å². The maximum Gasteiger partial charge on any atom is -0.0683 e. The van der Waals surface area contributed by atoms with E-state index >= 15 is 0 Å². The predicted octanol–water partition coefficient (Wildman–Crippen LogP) is 4.87. The van der Waals surface area contributed by atoms with Crippen molar-refractivity contribution in [3.63, 3.8) is 0 Å². The van der Waals surface area contributed by atoms with E-state index < -0.39 is 0 Å². The lowest BCUT2D eigenvalue weighted by Crippen LogP contribution is -0.856. The minimum Gasteiger partial charge on any atom is -0.269 e. The Bertz CT molecular complexity index is 12.5. The lowest BCUT2D eigenvalue weighted by atomic mass is 11.0. The molecule has 0 aliphatic rings. The average Bonchev–Trinajstić information content (AvgIpc) is 2.03. The summed E-state index contributed by atoms with van der Waals surface area (Å²) in [4.78, 5) is 0. The van der Waals surface area contributed by atoms with Crippen LogP contribution < -0.4 is 0 Å². The van der Waals surface area contributed by atoms with Crippen LogP contribution in [0, 0.1) is 0 Å². The van der Waals surface area contributed by atoms with Crippen LogP contribution in [0.4, 0.5) is 23.5 Å². The first kappa shape index (κ1) is 129. The molecule has 0 rings (SSSR count). The van der Waals surface area contributed by atoms with E-state index in [4.69, 9.17) is 0 Å². The molecule has 0 fully saturated rings. The fourth-order valence-corrected chi connectivity index (χ4v) is 0. The maximum absolute atomic E-state index is 2.00. The minimum atomic E-state index is 0. The quantitative estimate of drug-likeness (QED) is 0.511. The Hall–Kier alpha value is -0.350. The number of halogens is 5. The molecule has 96 valence electrons. The highest BCUT2D eigenvalue weighted by Crippen LogP contribution is 1.15. The summed E-state index contributed by atoms with van der Waals surface area (Å²) in [7, 11) is 0. The summed E-state index contributed by atoms with van der Waals surface area (Å²) in [5, 5.41) is 0. The normalized spacial score (nSPS) is 1.85. The Morgan fingerprint density at radius 3 is 0.231 bits per heavy atom. The van der Waals surface area contributed by atoms with Gasteiger partial charge in [0.05, 0.1) is 0 Å². The van der Waals surface area contributed by atoms with Crippen LogP contribution in [0.15, 0.2) is 0 Å². The second-order valence-corrected chi connectivity index (χ2v) is 0. The zero-order valence-electron chi connectivity index (χ0n) is 10.0. The van der Waals surface area contributed by atoms with Gasteiger partial charge in [-0.05, 0) is 0 Å². The van der Waals surface area contributed by atoms with Crippen LogP contribution in [-0.4, -0.2) is 0 Å². The third-order valence-corrected chi connectivity index (χ3v) is 0. The average molecular weight is 220 g/mol. The van der Waals surface area contributed by atoms with E-state index in [2.05, 4.69) is 0 Å². The van der Waals surface area contributed by atoms with Crippen LogP contribution in [0.2, 0.25) is 0 Å². The molecule has 13 heavy (non-hydrogen) atoms. The largest absolute Gasteiger partial charge is 0.269 e. The minimum absolute atomic E-state index is 0. The third-order valence-electron chi connectivity index (χ3n) is 0. The Morgan fingerprint density at radius 1 is 0.231 bits per heavy atom. The number of hydrogen-bond donors (Lipinski definition) is 0. The van der Waals surface area contributed by atoms with Gasteiger partial charge in [0.25, 0.3) is 0 Å². The highest BCUT2D eigenvalue weighted by molar-refractivity contribution is 3.51. The van der Waals surface area contributed by atoms with E-state index in [-0.39, 0.29) is 23.5 Å². The highest BCUT2D eigenvalue weighted by Gasteiger charge is 0.938. The fourth-order valence-electron chi connectivity index (χ4n) is 0. The molecule has 0 saturated heterocycles. The van der Waals surface area contributed by atoms with E-state index in [0.29, 0.717) is 0 Å². The molecule has 0 radical (unpaired) electrons. The van der Waals surface area contributed by atoms with Gasteiger partial charge in [-0.1, -0.05) is 55.4 Å². The molecule has 0 aromatic rings. The Kier molecular flexibility index (Phi) is 107000. The Labute approximate surface area is 80.0 Å². The fraction of sp³-hybridized carbons (Fsp3) is 1.00. The van der Waals surface area contributed by atoms with Crippen LogP contribution in [0.1, 0.15) is 55.4 Å². The molecule has 0 nitrogen and oxygen atoms in total. The summed E-state index contributed by atoms with van der Waals surface area (Å²) in [6, 6.07) is 0. The molecule has 0 atom stereocenters. The van der Waals surface area contributed by atoms with Gasteiger partial charge in [0, 0.05) is 0 Å². The van der Waals surface area contributed by atoms with E-state index in [1.54, 1.807) is 0 Å². The van der Waals surface area contributed by atoms with Gasteiger partial charge in [-0.3, -0.25) is 23.5 Å². The second kappa shape index (κ2) is 10800. The lowest BCUT2D eigenvalue weighted by Gasteiger charge is -1.07. The predicted molar refractivity (Wildman–Crippen MR) is 57.9 cm³/mol. The van der Waals surface area contributed by atoms with Crippen molar-refractivity contribution >= 4 is 0 Å². The first-order chi connectivity index (χ1) is 4.00. The van der Waals surface area contributed by atoms with Crippen LogP contribution in [0.3, 0.4) is 0 Å². The van der Waals surface area contributed by atoms with E-state index in [9.17, 15) is 0 Å². The number of rotatable bonds is 0. The van der Waals surface area contributed by atoms with Crippen molar-refractivity contribution in [3.05, 3.63) is 0 Å². The topological polar surface area (TPSA) is 0 Å². The summed E-state index contributed by atoms with van der Waals surface area (Å²) in [6.07, 6.45) is 0. The molecule has 0 aromatic carbocycles. The van der Waals surface area contributed by atoms with E-state index in [0.717, 1.165) is 0 Å². The van der Waals surface area contributed by atoms with Crippen LogP contribution >= 0.6 is 0 Å². The van der Waals surface area contributed by atoms with Crippen molar-refractivity contribution < 1.29 is 23.5 Å². The highest BCUT2D eigenvalue weighted by atomic mass is 19.0. The summed E-state index contributed by atoms with van der Waals surface area (Å²) in [5.74, 6) is 0. The molecule has 0 aliphatic heterocycles. The summed E-state index contributed by atoms with van der Waals surface area (Å²) < 4.78 is 0. The van der Waals surface area contributed by atoms with Gasteiger partial charge in [-0.25, -0.2) is 0 Å². The second-order valence-electron chi connectivity index (χ2n) is 0. The van der Waals surface area contributed by atoms with Crippen LogP contribution in [0.25, 0.3) is 0 Å². The van der Waals surface area contributed by atoms with E-state index in [1.165, 1.54) is 0 Å². The molecular formula is C8H29F5. The van der Waals surface area contributed by atoms with Gasteiger partial charge < -0.3 is 0 Å². The maximum atomic E-state index is 2.00. The van der Waals surface area contributed by atoms with Crippen molar-refractivity contribution in [2.75, 3.05) is 0 Å². The molecule has 0 heterocycles. The van der Waals surface area contributed by atoms with Crippen LogP contribution in [0.5, 0.6) is 0 Å². The van der Waals surface area contributed by atoms with Crippen molar-refractivity contribution in [2.24, 2.45) is 0 Å². The van der Waals surface area contributed by atoms with Crippen molar-refractivity contribution in [1.82, 2.24) is 0 Å². The van der Waals surface area contributed by atoms with Gasteiger partial charge >= 0.3 is 0 Å². The van der Waals surface area contributed by atoms with Crippen molar-refractivity contribution in [2.45, 2.75) is 55.4 Å².